The van der Waals surface area contributed by atoms with Crippen LogP contribution < -0.4 is 15.4 Å². The molecule has 0 saturated carbocycles. The number of pyridine rings is 1. The lowest BCUT2D eigenvalue weighted by atomic mass is 10.1. The zero-order valence-corrected chi connectivity index (χ0v) is 13.8. The molecule has 4 heterocycles. The molecule has 0 amide bonds. The van der Waals surface area contributed by atoms with Crippen molar-refractivity contribution >= 4 is 11.5 Å². The average Bonchev–Trinajstić information content (AvgIpc) is 3.07. The highest BCUT2D eigenvalue weighted by molar-refractivity contribution is 5.61. The molecule has 1 fully saturated rings. The molecule has 0 aromatic carbocycles. The van der Waals surface area contributed by atoms with Crippen molar-refractivity contribution in [2.45, 2.75) is 18.6 Å². The van der Waals surface area contributed by atoms with Gasteiger partial charge in [0.25, 0.3) is 0 Å². The molecule has 0 radical (unpaired) electrons. The van der Waals surface area contributed by atoms with Gasteiger partial charge < -0.3 is 15.4 Å². The van der Waals surface area contributed by atoms with E-state index in [2.05, 4.69) is 25.6 Å². The smallest absolute Gasteiger partial charge is 0.145 e. The quantitative estimate of drug-likeness (QED) is 0.754. The first kappa shape index (κ1) is 15.8. The Bertz CT molecular complexity index is 882. The molecule has 2 N–H and O–H groups in total. The molecule has 0 aliphatic carbocycles. The summed E-state index contributed by atoms with van der Waals surface area (Å²) in [5.41, 5.74) is 2.24. The van der Waals surface area contributed by atoms with E-state index in [1.165, 1.54) is 0 Å². The first-order chi connectivity index (χ1) is 12.2. The van der Waals surface area contributed by atoms with Gasteiger partial charge in [-0.25, -0.2) is 14.4 Å². The van der Waals surface area contributed by atoms with Gasteiger partial charge in [0.15, 0.2) is 0 Å². The van der Waals surface area contributed by atoms with E-state index in [1.807, 2.05) is 22.7 Å². The lowest BCUT2D eigenvalue weighted by Gasteiger charge is -2.27. The zero-order valence-electron chi connectivity index (χ0n) is 13.8. The summed E-state index contributed by atoms with van der Waals surface area (Å²) in [5, 5.41) is 6.32. The summed E-state index contributed by atoms with van der Waals surface area (Å²) in [5.74, 6) is 1.29. The maximum atomic E-state index is 14.0. The third-order valence-corrected chi connectivity index (χ3v) is 4.35. The number of piperidine rings is 1. The van der Waals surface area contributed by atoms with Gasteiger partial charge in [-0.1, -0.05) is 0 Å². The predicted molar refractivity (Wildman–Crippen MR) is 92.6 cm³/mol. The maximum Gasteiger partial charge on any atom is 0.145 e. The maximum absolute atomic E-state index is 14.0. The average molecular weight is 342 g/mol. The van der Waals surface area contributed by atoms with Gasteiger partial charge in [0, 0.05) is 18.8 Å². The second-order valence-electron chi connectivity index (χ2n) is 5.99. The van der Waals surface area contributed by atoms with E-state index in [0.29, 0.717) is 31.0 Å². The Hall–Kier alpha value is -2.74. The minimum absolute atomic E-state index is 0.301. The topological polar surface area (TPSA) is 76.4 Å². The number of imidazole rings is 1. The highest BCUT2D eigenvalue weighted by Gasteiger charge is 2.24. The van der Waals surface area contributed by atoms with Gasteiger partial charge >= 0.3 is 0 Å². The van der Waals surface area contributed by atoms with E-state index in [0.717, 1.165) is 17.1 Å². The van der Waals surface area contributed by atoms with E-state index < -0.39 is 6.17 Å². The van der Waals surface area contributed by atoms with Gasteiger partial charge in [-0.05, 0) is 19.0 Å². The Balaban J connectivity index is 1.63. The number of halogens is 1. The molecular weight excluding hydrogens is 323 g/mol. The Morgan fingerprint density at radius 3 is 3.12 bits per heavy atom. The second kappa shape index (κ2) is 6.64. The van der Waals surface area contributed by atoms with E-state index in [-0.39, 0.29) is 6.04 Å². The van der Waals surface area contributed by atoms with Crippen LogP contribution in [-0.4, -0.2) is 51.8 Å². The molecular formula is C17H19FN6O. The van der Waals surface area contributed by atoms with Gasteiger partial charge in [-0.15, -0.1) is 0 Å². The number of nitrogens with one attached hydrogen (secondary N) is 2. The number of nitrogens with zero attached hydrogens (tertiary/aromatic N) is 4. The van der Waals surface area contributed by atoms with Crippen LogP contribution in [0.15, 0.2) is 36.9 Å². The SMILES string of the molecule is COc1ccn2c(-c3cncc(N[C@H]4CNCC[C@@H]4F)n3)cnc2c1. The van der Waals surface area contributed by atoms with Crippen molar-refractivity contribution in [1.82, 2.24) is 24.7 Å². The number of hydrogen-bond donors (Lipinski definition) is 2. The Morgan fingerprint density at radius 2 is 2.28 bits per heavy atom. The van der Waals surface area contributed by atoms with Crippen LogP contribution >= 0.6 is 0 Å². The first-order valence-electron chi connectivity index (χ1n) is 8.19. The molecule has 7 nitrogen and oxygen atoms in total. The number of methoxy groups -OCH3 is 1. The Morgan fingerprint density at radius 1 is 1.36 bits per heavy atom. The molecule has 0 unspecified atom stereocenters. The molecule has 130 valence electrons. The molecule has 0 bridgehead atoms. The van der Waals surface area contributed by atoms with Gasteiger partial charge in [0.2, 0.25) is 0 Å². The number of ether oxygens (including phenoxy) is 1. The standard InChI is InChI=1S/C17H19FN6O/c1-25-11-3-5-24-15(9-21-17(24)6-11)14-8-20-10-16(23-14)22-13-7-19-4-2-12(13)18/h3,5-6,8-10,12-13,19H,2,4,7H2,1H3,(H,22,23)/t12-,13-/m0/s1. The van der Waals surface area contributed by atoms with Crippen molar-refractivity contribution in [1.29, 1.82) is 0 Å². The second-order valence-corrected chi connectivity index (χ2v) is 5.99. The van der Waals surface area contributed by atoms with Crippen molar-refractivity contribution in [3.63, 3.8) is 0 Å². The highest BCUT2D eigenvalue weighted by Crippen LogP contribution is 2.22. The third kappa shape index (κ3) is 3.12. The summed E-state index contributed by atoms with van der Waals surface area (Å²) < 4.78 is 21.1. The largest absolute Gasteiger partial charge is 0.497 e. The highest BCUT2D eigenvalue weighted by atomic mass is 19.1. The molecule has 3 aromatic heterocycles. The molecule has 8 heteroatoms. The summed E-state index contributed by atoms with van der Waals surface area (Å²) >= 11 is 0. The summed E-state index contributed by atoms with van der Waals surface area (Å²) in [6, 6.07) is 3.40. The molecule has 1 saturated heterocycles. The minimum Gasteiger partial charge on any atom is -0.497 e. The predicted octanol–water partition coefficient (Wildman–Crippen LogP) is 1.91. The van der Waals surface area contributed by atoms with Gasteiger partial charge in [0.1, 0.15) is 29.1 Å². The van der Waals surface area contributed by atoms with E-state index in [4.69, 9.17) is 4.74 Å². The van der Waals surface area contributed by atoms with Crippen LogP contribution in [0, 0.1) is 0 Å². The third-order valence-electron chi connectivity index (χ3n) is 4.35. The summed E-state index contributed by atoms with van der Waals surface area (Å²) in [4.78, 5) is 13.2. The molecule has 1 aliphatic heterocycles. The number of hydrogen-bond acceptors (Lipinski definition) is 6. The van der Waals surface area contributed by atoms with Crippen LogP contribution in [0.25, 0.3) is 17.0 Å². The fourth-order valence-electron chi connectivity index (χ4n) is 3.00. The summed E-state index contributed by atoms with van der Waals surface area (Å²) in [6.07, 6.45) is 6.50. The van der Waals surface area contributed by atoms with E-state index in [9.17, 15) is 4.39 Å². The molecule has 1 aliphatic rings. The van der Waals surface area contributed by atoms with Crippen LogP contribution in [0.1, 0.15) is 6.42 Å². The monoisotopic (exact) mass is 342 g/mol. The molecule has 2 atom stereocenters. The first-order valence-corrected chi connectivity index (χ1v) is 8.19. The number of alkyl halides is 1. The molecule has 3 aromatic rings. The fraction of sp³-hybridized carbons (Fsp3) is 0.353. The normalized spacial score (nSPS) is 20.6. The van der Waals surface area contributed by atoms with Gasteiger partial charge in [0.05, 0.1) is 37.4 Å². The number of fused-ring (bicyclic) bond motifs is 1. The van der Waals surface area contributed by atoms with E-state index >= 15 is 0 Å². The van der Waals surface area contributed by atoms with Crippen LogP contribution in [0.2, 0.25) is 0 Å². The summed E-state index contributed by atoms with van der Waals surface area (Å²) in [6.45, 7) is 1.28. The number of rotatable bonds is 4. The lowest BCUT2D eigenvalue weighted by Crippen LogP contribution is -2.46. The zero-order chi connectivity index (χ0) is 17.2. The van der Waals surface area contributed by atoms with Crippen molar-refractivity contribution in [2.24, 2.45) is 0 Å². The van der Waals surface area contributed by atoms with Crippen molar-refractivity contribution in [2.75, 3.05) is 25.5 Å². The lowest BCUT2D eigenvalue weighted by molar-refractivity contribution is 0.241. The van der Waals surface area contributed by atoms with Crippen LogP contribution in [0.4, 0.5) is 10.2 Å². The van der Waals surface area contributed by atoms with Crippen molar-refractivity contribution in [3.05, 3.63) is 36.9 Å². The molecule has 0 spiro atoms. The minimum atomic E-state index is -0.894. The van der Waals surface area contributed by atoms with Crippen LogP contribution in [0.5, 0.6) is 5.75 Å². The van der Waals surface area contributed by atoms with Gasteiger partial charge in [-0.2, -0.15) is 0 Å². The van der Waals surface area contributed by atoms with Crippen molar-refractivity contribution < 1.29 is 9.13 Å². The van der Waals surface area contributed by atoms with E-state index in [1.54, 1.807) is 25.7 Å². The summed E-state index contributed by atoms with van der Waals surface area (Å²) in [7, 11) is 1.62. The number of aromatic nitrogens is 4. The molecule has 25 heavy (non-hydrogen) atoms. The Kier molecular flexibility index (Phi) is 4.19. The fourth-order valence-corrected chi connectivity index (χ4v) is 3.00. The van der Waals surface area contributed by atoms with Gasteiger partial charge in [-0.3, -0.25) is 9.38 Å². The van der Waals surface area contributed by atoms with Crippen LogP contribution in [0.3, 0.4) is 0 Å². The Labute approximate surface area is 144 Å². The van der Waals surface area contributed by atoms with Crippen LogP contribution in [-0.2, 0) is 0 Å². The molecule has 4 rings (SSSR count). The number of anilines is 1. The van der Waals surface area contributed by atoms with Crippen molar-refractivity contribution in [3.8, 4) is 17.1 Å².